The standard InChI is InChI=1S/C15H12O3/c1-18-14-8-13(16)11-6-9-4-2-3-5-10(9)7-12(11)15(14)17/h2-8,16-17H,1H3. The number of benzene rings is 3. The summed E-state index contributed by atoms with van der Waals surface area (Å²) in [6.45, 7) is 0. The van der Waals surface area contributed by atoms with E-state index in [0.29, 0.717) is 10.8 Å². The molecule has 3 aromatic carbocycles. The lowest BCUT2D eigenvalue weighted by atomic mass is 10.0. The van der Waals surface area contributed by atoms with Crippen LogP contribution in [0.15, 0.2) is 42.5 Å². The van der Waals surface area contributed by atoms with Crippen molar-refractivity contribution in [3.05, 3.63) is 42.5 Å². The SMILES string of the molecule is COc1cc(O)c2cc3ccccc3cc2c1O. The van der Waals surface area contributed by atoms with Gasteiger partial charge in [0.05, 0.1) is 7.11 Å². The summed E-state index contributed by atoms with van der Waals surface area (Å²) in [6, 6.07) is 12.9. The summed E-state index contributed by atoms with van der Waals surface area (Å²) >= 11 is 0. The van der Waals surface area contributed by atoms with Crippen LogP contribution in [-0.2, 0) is 0 Å². The van der Waals surface area contributed by atoms with Gasteiger partial charge in [-0.25, -0.2) is 0 Å². The molecule has 0 aliphatic rings. The van der Waals surface area contributed by atoms with E-state index >= 15 is 0 Å². The maximum absolute atomic E-state index is 10.1. The van der Waals surface area contributed by atoms with Crippen LogP contribution in [0, 0.1) is 0 Å². The Balaban J connectivity index is 2.49. The van der Waals surface area contributed by atoms with Crippen LogP contribution < -0.4 is 4.74 Å². The lowest BCUT2D eigenvalue weighted by Crippen LogP contribution is -1.86. The van der Waals surface area contributed by atoms with Crippen molar-refractivity contribution in [2.75, 3.05) is 7.11 Å². The molecule has 90 valence electrons. The number of fused-ring (bicyclic) bond motifs is 2. The summed E-state index contributed by atoms with van der Waals surface area (Å²) in [6.07, 6.45) is 0. The summed E-state index contributed by atoms with van der Waals surface area (Å²) < 4.78 is 5.04. The Hall–Kier alpha value is -2.42. The van der Waals surface area contributed by atoms with Gasteiger partial charge >= 0.3 is 0 Å². The molecule has 0 aliphatic carbocycles. The second kappa shape index (κ2) is 3.81. The average molecular weight is 240 g/mol. The molecular weight excluding hydrogens is 228 g/mol. The van der Waals surface area contributed by atoms with Crippen molar-refractivity contribution in [2.24, 2.45) is 0 Å². The number of aromatic hydroxyl groups is 2. The molecule has 0 saturated heterocycles. The van der Waals surface area contributed by atoms with Crippen LogP contribution >= 0.6 is 0 Å². The Kier molecular flexibility index (Phi) is 2.27. The zero-order chi connectivity index (χ0) is 12.7. The van der Waals surface area contributed by atoms with E-state index in [1.54, 1.807) is 0 Å². The molecule has 0 aliphatic heterocycles. The van der Waals surface area contributed by atoms with Crippen molar-refractivity contribution in [2.45, 2.75) is 0 Å². The fraction of sp³-hybridized carbons (Fsp3) is 0.0667. The molecule has 3 heteroatoms. The lowest BCUT2D eigenvalue weighted by molar-refractivity contribution is 0.372. The summed E-state index contributed by atoms with van der Waals surface area (Å²) in [5.74, 6) is 0.428. The van der Waals surface area contributed by atoms with Gasteiger partial charge in [-0.3, -0.25) is 0 Å². The monoisotopic (exact) mass is 240 g/mol. The Labute approximate surface area is 104 Å². The largest absolute Gasteiger partial charge is 0.507 e. The van der Waals surface area contributed by atoms with Crippen LogP contribution in [0.1, 0.15) is 0 Å². The van der Waals surface area contributed by atoms with Gasteiger partial charge in [0.1, 0.15) is 5.75 Å². The molecule has 2 N–H and O–H groups in total. The van der Waals surface area contributed by atoms with Gasteiger partial charge in [-0.1, -0.05) is 24.3 Å². The van der Waals surface area contributed by atoms with E-state index in [-0.39, 0.29) is 17.2 Å². The van der Waals surface area contributed by atoms with Crippen LogP contribution in [0.2, 0.25) is 0 Å². The van der Waals surface area contributed by atoms with Gasteiger partial charge in [0.2, 0.25) is 0 Å². The maximum atomic E-state index is 10.1. The molecule has 0 atom stereocenters. The van der Waals surface area contributed by atoms with Crippen molar-refractivity contribution in [1.29, 1.82) is 0 Å². The van der Waals surface area contributed by atoms with Crippen LogP contribution in [0.4, 0.5) is 0 Å². The minimum absolute atomic E-state index is 0.0519. The highest BCUT2D eigenvalue weighted by molar-refractivity contribution is 6.04. The molecule has 0 saturated carbocycles. The fourth-order valence-corrected chi connectivity index (χ4v) is 2.21. The summed E-state index contributed by atoms with van der Waals surface area (Å²) in [4.78, 5) is 0. The number of rotatable bonds is 1. The number of phenols is 2. The zero-order valence-electron chi connectivity index (χ0n) is 9.84. The van der Waals surface area contributed by atoms with Crippen LogP contribution in [0.3, 0.4) is 0 Å². The number of hydrogen-bond donors (Lipinski definition) is 2. The van der Waals surface area contributed by atoms with E-state index in [9.17, 15) is 10.2 Å². The number of phenolic OH excluding ortho intramolecular Hbond substituents is 2. The second-order valence-electron chi connectivity index (χ2n) is 4.19. The third-order valence-electron chi connectivity index (χ3n) is 3.14. The highest BCUT2D eigenvalue weighted by Gasteiger charge is 2.12. The number of hydrogen-bond acceptors (Lipinski definition) is 3. The predicted octanol–water partition coefficient (Wildman–Crippen LogP) is 3.41. The fourth-order valence-electron chi connectivity index (χ4n) is 2.21. The van der Waals surface area contributed by atoms with Gasteiger partial charge in [0.15, 0.2) is 11.5 Å². The van der Waals surface area contributed by atoms with Gasteiger partial charge in [-0.15, -0.1) is 0 Å². The van der Waals surface area contributed by atoms with Crippen molar-refractivity contribution in [3.63, 3.8) is 0 Å². The van der Waals surface area contributed by atoms with Crippen LogP contribution in [-0.4, -0.2) is 17.3 Å². The molecule has 3 nitrogen and oxygen atoms in total. The first-order valence-electron chi connectivity index (χ1n) is 5.62. The van der Waals surface area contributed by atoms with Crippen molar-refractivity contribution in [3.8, 4) is 17.2 Å². The molecule has 0 heterocycles. The molecule has 0 spiro atoms. The molecular formula is C15H12O3. The van der Waals surface area contributed by atoms with Gasteiger partial charge in [0, 0.05) is 16.8 Å². The molecule has 0 radical (unpaired) electrons. The molecule has 0 fully saturated rings. The summed E-state index contributed by atoms with van der Waals surface area (Å²) in [5.41, 5.74) is 0. The molecule has 0 bridgehead atoms. The number of ether oxygens (including phenoxy) is 1. The Morgan fingerprint density at radius 3 is 2.11 bits per heavy atom. The normalized spacial score (nSPS) is 10.9. The highest BCUT2D eigenvalue weighted by atomic mass is 16.5. The van der Waals surface area contributed by atoms with Crippen molar-refractivity contribution < 1.29 is 14.9 Å². The van der Waals surface area contributed by atoms with Gasteiger partial charge < -0.3 is 14.9 Å². The molecule has 0 amide bonds. The summed E-state index contributed by atoms with van der Waals surface area (Å²) in [5, 5.41) is 23.3. The first-order valence-corrected chi connectivity index (χ1v) is 5.62. The third-order valence-corrected chi connectivity index (χ3v) is 3.14. The van der Waals surface area contributed by atoms with Crippen molar-refractivity contribution in [1.82, 2.24) is 0 Å². The van der Waals surface area contributed by atoms with Gasteiger partial charge in [-0.2, -0.15) is 0 Å². The minimum Gasteiger partial charge on any atom is -0.507 e. The predicted molar refractivity (Wildman–Crippen MR) is 71.3 cm³/mol. The molecule has 0 aromatic heterocycles. The van der Waals surface area contributed by atoms with Crippen LogP contribution in [0.25, 0.3) is 21.5 Å². The van der Waals surface area contributed by atoms with Crippen LogP contribution in [0.5, 0.6) is 17.2 Å². The second-order valence-corrected chi connectivity index (χ2v) is 4.19. The van der Waals surface area contributed by atoms with E-state index in [0.717, 1.165) is 10.8 Å². The first kappa shape index (κ1) is 10.7. The molecule has 3 aromatic rings. The third kappa shape index (κ3) is 1.44. The highest BCUT2D eigenvalue weighted by Crippen LogP contribution is 2.41. The average Bonchev–Trinajstić information content (AvgIpc) is 2.41. The Morgan fingerprint density at radius 1 is 0.889 bits per heavy atom. The van der Waals surface area contributed by atoms with E-state index in [4.69, 9.17) is 4.74 Å². The van der Waals surface area contributed by atoms with E-state index in [2.05, 4.69) is 0 Å². The van der Waals surface area contributed by atoms with Gasteiger partial charge in [0.25, 0.3) is 0 Å². The quantitative estimate of drug-likeness (QED) is 0.506. The van der Waals surface area contributed by atoms with E-state index in [1.165, 1.54) is 13.2 Å². The zero-order valence-corrected chi connectivity index (χ0v) is 9.84. The number of methoxy groups -OCH3 is 1. The Bertz CT molecular complexity index is 747. The molecule has 0 unspecified atom stereocenters. The molecule has 18 heavy (non-hydrogen) atoms. The minimum atomic E-state index is 0.0519. The van der Waals surface area contributed by atoms with Gasteiger partial charge in [-0.05, 0) is 22.9 Å². The Morgan fingerprint density at radius 2 is 1.50 bits per heavy atom. The first-order chi connectivity index (χ1) is 8.70. The van der Waals surface area contributed by atoms with E-state index in [1.807, 2.05) is 36.4 Å². The van der Waals surface area contributed by atoms with E-state index < -0.39 is 0 Å². The summed E-state index contributed by atoms with van der Waals surface area (Å²) in [7, 11) is 1.46. The topological polar surface area (TPSA) is 49.7 Å². The molecule has 3 rings (SSSR count). The maximum Gasteiger partial charge on any atom is 0.165 e. The lowest BCUT2D eigenvalue weighted by Gasteiger charge is -2.10. The smallest absolute Gasteiger partial charge is 0.165 e. The van der Waals surface area contributed by atoms with Crippen molar-refractivity contribution >= 4 is 21.5 Å².